The van der Waals surface area contributed by atoms with Crippen LogP contribution >= 0.6 is 23.5 Å². The Morgan fingerprint density at radius 3 is 1.04 bits per heavy atom. The summed E-state index contributed by atoms with van der Waals surface area (Å²) >= 11 is 3.62. The van der Waals surface area contributed by atoms with Crippen LogP contribution in [0.5, 0.6) is 0 Å². The second kappa shape index (κ2) is 34.6. The minimum absolute atomic E-state index is 0.0368. The molecule has 49 heavy (non-hydrogen) atoms. The van der Waals surface area contributed by atoms with Gasteiger partial charge in [-0.2, -0.15) is 23.5 Å². The summed E-state index contributed by atoms with van der Waals surface area (Å²) in [6, 6.07) is 0. The highest BCUT2D eigenvalue weighted by Gasteiger charge is 2.27. The molecule has 0 rings (SSSR count). The van der Waals surface area contributed by atoms with Crippen LogP contribution in [0.2, 0.25) is 0 Å². The highest BCUT2D eigenvalue weighted by atomic mass is 32.2. The summed E-state index contributed by atoms with van der Waals surface area (Å²) in [5, 5.41) is 20.2. The highest BCUT2D eigenvalue weighted by Crippen LogP contribution is 2.31. The maximum absolute atomic E-state index is 11.7. The van der Waals surface area contributed by atoms with Gasteiger partial charge in [-0.25, -0.2) is 0 Å². The monoisotopic (exact) mass is 735 g/mol. The van der Waals surface area contributed by atoms with Crippen LogP contribution in [-0.4, -0.2) is 82.8 Å². The first kappa shape index (κ1) is 48.5. The van der Waals surface area contributed by atoms with E-state index in [4.69, 9.17) is 14.2 Å². The molecule has 0 aliphatic carbocycles. The zero-order valence-corrected chi connectivity index (χ0v) is 34.2. The van der Waals surface area contributed by atoms with Gasteiger partial charge in [0.25, 0.3) is 0 Å². The Hall–Kier alpha value is -0.480. The first-order valence-corrected chi connectivity index (χ1v) is 22.0. The highest BCUT2D eigenvalue weighted by molar-refractivity contribution is 8.00. The van der Waals surface area contributed by atoms with Crippen LogP contribution in [-0.2, 0) is 23.8 Å². The van der Waals surface area contributed by atoms with Crippen molar-refractivity contribution in [2.75, 3.05) is 39.6 Å². The molecule has 2 N–H and O–H groups in total. The molecule has 0 heterocycles. The first-order chi connectivity index (χ1) is 23.6. The normalized spacial score (nSPS) is 15.5. The van der Waals surface area contributed by atoms with Gasteiger partial charge in [0.05, 0.1) is 38.3 Å². The fourth-order valence-electron chi connectivity index (χ4n) is 5.99. The molecule has 6 unspecified atom stereocenters. The van der Waals surface area contributed by atoms with Gasteiger partial charge in [0.2, 0.25) is 0 Å². The number of carboxylic acid groups (broad SMARTS) is 2. The number of hydrogen-bond acceptors (Lipinski definition) is 7. The Kier molecular flexibility index (Phi) is 34.3. The van der Waals surface area contributed by atoms with Crippen LogP contribution in [0.25, 0.3) is 0 Å². The third kappa shape index (κ3) is 29.8. The molecule has 9 heteroatoms. The van der Waals surface area contributed by atoms with E-state index < -0.39 is 23.8 Å². The second-order valence-corrected chi connectivity index (χ2v) is 17.5. The number of carboxylic acids is 2. The average molecular weight is 735 g/mol. The Balaban J connectivity index is 4.12. The van der Waals surface area contributed by atoms with Crippen LogP contribution in [0.15, 0.2) is 0 Å². The molecule has 7 nitrogen and oxygen atoms in total. The minimum Gasteiger partial charge on any atom is -0.481 e. The SMILES string of the molecule is CCCCCCCCCCC(C)SC(CCOCCOCCOCCC(SC(C)CCCCCCCCCC)C(C)C(=O)O)C(C)C(=O)O. The molecule has 0 aliphatic rings. The fraction of sp³-hybridized carbons (Fsp3) is 0.950. The lowest BCUT2D eigenvalue weighted by atomic mass is 10.1. The molecule has 0 amide bonds. The van der Waals surface area contributed by atoms with Crippen molar-refractivity contribution in [2.24, 2.45) is 11.8 Å². The molecule has 0 aromatic carbocycles. The van der Waals surface area contributed by atoms with Crippen molar-refractivity contribution in [1.29, 1.82) is 0 Å². The van der Waals surface area contributed by atoms with E-state index in [0.717, 1.165) is 12.8 Å². The Bertz CT molecular complexity index is 696. The number of unbranched alkanes of at least 4 members (excludes halogenated alkanes) is 14. The molecule has 0 fully saturated rings. The van der Waals surface area contributed by atoms with E-state index in [9.17, 15) is 19.8 Å². The number of aliphatic carboxylic acids is 2. The Morgan fingerprint density at radius 2 is 0.735 bits per heavy atom. The van der Waals surface area contributed by atoms with Crippen LogP contribution in [0.1, 0.15) is 170 Å². The van der Waals surface area contributed by atoms with E-state index in [0.29, 0.717) is 63.0 Å². The topological polar surface area (TPSA) is 102 Å². The summed E-state index contributed by atoms with van der Waals surface area (Å²) in [7, 11) is 0. The predicted molar refractivity (Wildman–Crippen MR) is 211 cm³/mol. The maximum Gasteiger partial charge on any atom is 0.307 e. The van der Waals surface area contributed by atoms with Gasteiger partial charge in [0, 0.05) is 34.2 Å². The summed E-state index contributed by atoms with van der Waals surface area (Å²) < 4.78 is 17.3. The lowest BCUT2D eigenvalue weighted by Crippen LogP contribution is -2.26. The van der Waals surface area contributed by atoms with Crippen molar-refractivity contribution in [3.63, 3.8) is 0 Å². The number of ether oxygens (including phenoxy) is 3. The predicted octanol–water partition coefficient (Wildman–Crippen LogP) is 11.3. The van der Waals surface area contributed by atoms with Crippen molar-refractivity contribution in [1.82, 2.24) is 0 Å². The van der Waals surface area contributed by atoms with E-state index in [1.165, 1.54) is 103 Å². The van der Waals surface area contributed by atoms with Crippen molar-refractivity contribution in [2.45, 2.75) is 191 Å². The van der Waals surface area contributed by atoms with Gasteiger partial charge in [-0.05, 0) is 25.7 Å². The van der Waals surface area contributed by atoms with Gasteiger partial charge in [-0.3, -0.25) is 9.59 Å². The second-order valence-electron chi connectivity index (χ2n) is 14.2. The molecule has 0 spiro atoms. The van der Waals surface area contributed by atoms with E-state index in [2.05, 4.69) is 27.7 Å². The molecule has 0 saturated carbocycles. The third-order valence-corrected chi connectivity index (χ3v) is 12.9. The van der Waals surface area contributed by atoms with E-state index in [-0.39, 0.29) is 10.5 Å². The summed E-state index contributed by atoms with van der Waals surface area (Å²) in [6.45, 7) is 15.5. The standard InChI is InChI=1S/C40H78O7S2/c1-7-9-11-13-15-17-19-21-23-33(3)48-37(35(5)39(41)42)25-27-45-29-31-47-32-30-46-28-26-38(36(6)40(43)44)49-34(4)24-22-20-18-16-14-12-10-8-2/h33-38H,7-32H2,1-6H3,(H,41,42)(H,43,44). The molecule has 0 saturated heterocycles. The van der Waals surface area contributed by atoms with Crippen molar-refractivity contribution >= 4 is 35.5 Å². The molecule has 0 aliphatic heterocycles. The number of carbonyl (C=O) groups is 2. The van der Waals surface area contributed by atoms with Gasteiger partial charge < -0.3 is 24.4 Å². The van der Waals surface area contributed by atoms with Crippen LogP contribution in [0, 0.1) is 11.8 Å². The van der Waals surface area contributed by atoms with E-state index in [1.807, 2.05) is 37.4 Å². The van der Waals surface area contributed by atoms with Crippen molar-refractivity contribution in [3.05, 3.63) is 0 Å². The number of rotatable bonds is 38. The molecule has 0 aromatic rings. The molecular formula is C40H78O7S2. The molecule has 0 aromatic heterocycles. The van der Waals surface area contributed by atoms with Crippen LogP contribution in [0.3, 0.4) is 0 Å². The summed E-state index contributed by atoms with van der Waals surface area (Å²) in [5.41, 5.74) is 0. The fourth-order valence-corrected chi connectivity index (χ4v) is 8.96. The molecule has 0 bridgehead atoms. The summed E-state index contributed by atoms with van der Waals surface area (Å²) in [4.78, 5) is 23.5. The number of hydrogen-bond donors (Lipinski definition) is 2. The lowest BCUT2D eigenvalue weighted by Gasteiger charge is -2.24. The number of thioether (sulfide) groups is 2. The smallest absolute Gasteiger partial charge is 0.307 e. The molecule has 6 atom stereocenters. The molecule has 0 radical (unpaired) electrons. The van der Waals surface area contributed by atoms with Gasteiger partial charge in [-0.1, -0.05) is 144 Å². The lowest BCUT2D eigenvalue weighted by molar-refractivity contribution is -0.142. The van der Waals surface area contributed by atoms with E-state index in [1.54, 1.807) is 0 Å². The quantitative estimate of drug-likeness (QED) is 0.0600. The van der Waals surface area contributed by atoms with Crippen molar-refractivity contribution in [3.8, 4) is 0 Å². The van der Waals surface area contributed by atoms with Gasteiger partial charge in [0.15, 0.2) is 0 Å². The largest absolute Gasteiger partial charge is 0.481 e. The average Bonchev–Trinajstić information content (AvgIpc) is 3.07. The minimum atomic E-state index is -0.740. The maximum atomic E-state index is 11.7. The Morgan fingerprint density at radius 1 is 0.449 bits per heavy atom. The van der Waals surface area contributed by atoms with Gasteiger partial charge >= 0.3 is 11.9 Å². The van der Waals surface area contributed by atoms with Gasteiger partial charge in [-0.15, -0.1) is 0 Å². The first-order valence-electron chi connectivity index (χ1n) is 20.1. The zero-order chi connectivity index (χ0) is 36.5. The summed E-state index contributed by atoms with van der Waals surface area (Å²) in [6.07, 6.45) is 24.6. The Labute approximate surface area is 310 Å². The van der Waals surface area contributed by atoms with Crippen LogP contribution < -0.4 is 0 Å². The van der Waals surface area contributed by atoms with Crippen LogP contribution in [0.4, 0.5) is 0 Å². The molecule has 292 valence electrons. The molecular weight excluding hydrogens is 657 g/mol. The van der Waals surface area contributed by atoms with E-state index >= 15 is 0 Å². The summed E-state index contributed by atoms with van der Waals surface area (Å²) in [5.74, 6) is -2.29. The van der Waals surface area contributed by atoms with Gasteiger partial charge in [0.1, 0.15) is 0 Å². The van der Waals surface area contributed by atoms with Crippen molar-refractivity contribution < 1.29 is 34.0 Å². The zero-order valence-electron chi connectivity index (χ0n) is 32.6. The third-order valence-electron chi connectivity index (χ3n) is 9.47.